The standard InChI is InChI=1S/C23H21F3N4O/c1-13(15-6-8-27-12-15)31-21-11-16(10-19-17(21)3-2-7-28-19)14-4-5-18-20(9-14)30-22(29-18)23(24,25)26/h2-5,7,9-11,13,15,27H,6,8,12H2,1H3,(H,29,30)/t13-,15-/m1/s1. The van der Waals surface area contributed by atoms with E-state index in [2.05, 4.69) is 27.2 Å². The molecule has 2 atom stereocenters. The quantitative estimate of drug-likeness (QED) is 0.472. The second kappa shape index (κ2) is 7.53. The van der Waals surface area contributed by atoms with Crippen molar-refractivity contribution in [1.29, 1.82) is 0 Å². The van der Waals surface area contributed by atoms with E-state index < -0.39 is 12.0 Å². The second-order valence-electron chi connectivity index (χ2n) is 7.94. The smallest absolute Gasteiger partial charge is 0.449 e. The zero-order valence-electron chi connectivity index (χ0n) is 16.8. The molecule has 2 aromatic heterocycles. The van der Waals surface area contributed by atoms with Crippen molar-refractivity contribution in [2.24, 2.45) is 5.92 Å². The largest absolute Gasteiger partial charge is 0.490 e. The van der Waals surface area contributed by atoms with E-state index in [-0.39, 0.29) is 11.6 Å². The van der Waals surface area contributed by atoms with E-state index >= 15 is 0 Å². The predicted octanol–water partition coefficient (Wildman–Crippen LogP) is 5.17. The first-order valence-corrected chi connectivity index (χ1v) is 10.2. The third-order valence-corrected chi connectivity index (χ3v) is 5.84. The molecule has 4 aromatic rings. The van der Waals surface area contributed by atoms with Crippen molar-refractivity contribution >= 4 is 21.9 Å². The van der Waals surface area contributed by atoms with Gasteiger partial charge in [-0.2, -0.15) is 13.2 Å². The number of H-pyrrole nitrogens is 1. The van der Waals surface area contributed by atoms with Crippen molar-refractivity contribution in [3.63, 3.8) is 0 Å². The van der Waals surface area contributed by atoms with Gasteiger partial charge in [-0.3, -0.25) is 4.98 Å². The maximum atomic E-state index is 13.0. The summed E-state index contributed by atoms with van der Waals surface area (Å²) in [6.07, 6.45) is -1.71. The van der Waals surface area contributed by atoms with Crippen molar-refractivity contribution < 1.29 is 17.9 Å². The normalized spacial score (nSPS) is 18.0. The van der Waals surface area contributed by atoms with Gasteiger partial charge in [0, 0.05) is 24.0 Å². The number of hydrogen-bond acceptors (Lipinski definition) is 4. The van der Waals surface area contributed by atoms with Crippen molar-refractivity contribution in [2.75, 3.05) is 13.1 Å². The van der Waals surface area contributed by atoms with Gasteiger partial charge in [-0.05, 0) is 67.4 Å². The van der Waals surface area contributed by atoms with Crippen LogP contribution >= 0.6 is 0 Å². The van der Waals surface area contributed by atoms with Gasteiger partial charge in [-0.25, -0.2) is 4.98 Å². The second-order valence-corrected chi connectivity index (χ2v) is 7.94. The molecule has 2 N–H and O–H groups in total. The lowest BCUT2D eigenvalue weighted by atomic mass is 10.0. The Morgan fingerprint density at radius 1 is 1.10 bits per heavy atom. The maximum Gasteiger partial charge on any atom is 0.449 e. The van der Waals surface area contributed by atoms with Crippen LogP contribution in [0.1, 0.15) is 19.2 Å². The lowest BCUT2D eigenvalue weighted by molar-refractivity contribution is -0.144. The summed E-state index contributed by atoms with van der Waals surface area (Å²) in [4.78, 5) is 10.5. The number of fused-ring (bicyclic) bond motifs is 2. The monoisotopic (exact) mass is 426 g/mol. The summed E-state index contributed by atoms with van der Waals surface area (Å²) in [5.41, 5.74) is 2.96. The van der Waals surface area contributed by atoms with Gasteiger partial charge in [0.2, 0.25) is 5.82 Å². The number of aromatic amines is 1. The predicted molar refractivity (Wildman–Crippen MR) is 113 cm³/mol. The van der Waals surface area contributed by atoms with Crippen molar-refractivity contribution in [3.05, 3.63) is 54.5 Å². The highest BCUT2D eigenvalue weighted by Gasteiger charge is 2.34. The summed E-state index contributed by atoms with van der Waals surface area (Å²) < 4.78 is 45.4. The molecule has 0 radical (unpaired) electrons. The molecule has 1 aliphatic rings. The first-order chi connectivity index (χ1) is 14.9. The number of imidazole rings is 1. The van der Waals surface area contributed by atoms with E-state index in [4.69, 9.17) is 4.74 Å². The number of benzene rings is 2. The Kier molecular flexibility index (Phi) is 4.81. The highest BCUT2D eigenvalue weighted by atomic mass is 19.4. The molecule has 31 heavy (non-hydrogen) atoms. The molecule has 0 unspecified atom stereocenters. The minimum absolute atomic E-state index is 0.0260. The van der Waals surface area contributed by atoms with Gasteiger partial charge in [0.1, 0.15) is 5.75 Å². The third kappa shape index (κ3) is 3.83. The molecule has 1 aliphatic heterocycles. The Balaban J connectivity index is 1.56. The highest BCUT2D eigenvalue weighted by molar-refractivity contribution is 5.91. The molecule has 0 amide bonds. The maximum absolute atomic E-state index is 13.0. The number of ether oxygens (including phenoxy) is 1. The van der Waals surface area contributed by atoms with Crippen molar-refractivity contribution in [2.45, 2.75) is 25.6 Å². The Hall–Kier alpha value is -3.13. The molecule has 0 spiro atoms. The number of pyridine rings is 1. The highest BCUT2D eigenvalue weighted by Crippen LogP contribution is 2.35. The van der Waals surface area contributed by atoms with Crippen LogP contribution < -0.4 is 10.1 Å². The Morgan fingerprint density at radius 3 is 2.74 bits per heavy atom. The number of alkyl halides is 3. The molecule has 8 heteroatoms. The fraction of sp³-hybridized carbons (Fsp3) is 0.304. The Labute approximate surface area is 176 Å². The van der Waals surface area contributed by atoms with Gasteiger partial charge < -0.3 is 15.0 Å². The van der Waals surface area contributed by atoms with Crippen molar-refractivity contribution in [3.8, 4) is 16.9 Å². The van der Waals surface area contributed by atoms with Crippen LogP contribution in [0.15, 0.2) is 48.7 Å². The first-order valence-electron chi connectivity index (χ1n) is 10.2. The van der Waals surface area contributed by atoms with Gasteiger partial charge in [0.05, 0.1) is 22.7 Å². The lowest BCUT2D eigenvalue weighted by Crippen LogP contribution is -2.25. The number of rotatable bonds is 4. The van der Waals surface area contributed by atoms with Crippen LogP contribution in [-0.2, 0) is 6.18 Å². The zero-order valence-corrected chi connectivity index (χ0v) is 16.8. The fourth-order valence-corrected chi connectivity index (χ4v) is 4.11. The molecule has 0 bridgehead atoms. The van der Waals surface area contributed by atoms with Gasteiger partial charge in [0.15, 0.2) is 0 Å². The Bertz CT molecular complexity index is 1240. The number of halogens is 3. The fourth-order valence-electron chi connectivity index (χ4n) is 4.11. The van der Waals surface area contributed by atoms with Gasteiger partial charge in [-0.1, -0.05) is 6.07 Å². The van der Waals surface area contributed by atoms with E-state index in [9.17, 15) is 13.2 Å². The van der Waals surface area contributed by atoms with Crippen LogP contribution in [0.4, 0.5) is 13.2 Å². The average molecular weight is 426 g/mol. The summed E-state index contributed by atoms with van der Waals surface area (Å²) in [5, 5.41) is 4.27. The summed E-state index contributed by atoms with van der Waals surface area (Å²) in [5.74, 6) is 0.154. The molecule has 0 aliphatic carbocycles. The van der Waals surface area contributed by atoms with Gasteiger partial charge >= 0.3 is 6.18 Å². The topological polar surface area (TPSA) is 62.8 Å². The molecule has 5 nitrogen and oxygen atoms in total. The van der Waals surface area contributed by atoms with Crippen LogP contribution in [0.3, 0.4) is 0 Å². The molecule has 2 aromatic carbocycles. The summed E-state index contributed by atoms with van der Waals surface area (Å²) >= 11 is 0. The van der Waals surface area contributed by atoms with E-state index in [1.54, 1.807) is 24.4 Å². The van der Waals surface area contributed by atoms with E-state index in [1.165, 1.54) is 0 Å². The molecule has 160 valence electrons. The molecule has 1 fully saturated rings. The molecular formula is C23H21F3N4O. The molecule has 3 heterocycles. The van der Waals surface area contributed by atoms with E-state index in [1.807, 2.05) is 24.3 Å². The summed E-state index contributed by atoms with van der Waals surface area (Å²) in [6, 6.07) is 12.7. The molecule has 1 saturated heterocycles. The van der Waals surface area contributed by atoms with Crippen LogP contribution in [0.25, 0.3) is 33.1 Å². The number of nitrogens with one attached hydrogen (secondary N) is 2. The first kappa shape index (κ1) is 19.8. The zero-order chi connectivity index (χ0) is 21.6. The SMILES string of the molecule is C[C@@H](Oc1cc(-c2ccc3nc(C(F)(F)F)[nH]c3c2)cc2ncccc12)[C@@H]1CCNC1. The number of hydrogen-bond donors (Lipinski definition) is 2. The Morgan fingerprint density at radius 2 is 1.97 bits per heavy atom. The van der Waals surface area contributed by atoms with Gasteiger partial charge in [0.25, 0.3) is 0 Å². The molecule has 0 saturated carbocycles. The van der Waals surface area contributed by atoms with Crippen LogP contribution in [-0.4, -0.2) is 34.1 Å². The minimum Gasteiger partial charge on any atom is -0.490 e. The van der Waals surface area contributed by atoms with Gasteiger partial charge in [-0.15, -0.1) is 0 Å². The summed E-state index contributed by atoms with van der Waals surface area (Å²) in [6.45, 7) is 3.99. The van der Waals surface area contributed by atoms with Crippen LogP contribution in [0, 0.1) is 5.92 Å². The van der Waals surface area contributed by atoms with E-state index in [0.717, 1.165) is 47.3 Å². The summed E-state index contributed by atoms with van der Waals surface area (Å²) in [7, 11) is 0. The molecule has 5 rings (SSSR count). The number of aromatic nitrogens is 3. The molecular weight excluding hydrogens is 405 g/mol. The van der Waals surface area contributed by atoms with Crippen molar-refractivity contribution in [1.82, 2.24) is 20.3 Å². The van der Waals surface area contributed by atoms with E-state index in [0.29, 0.717) is 11.4 Å². The van der Waals surface area contributed by atoms with Crippen LogP contribution in [0.2, 0.25) is 0 Å². The average Bonchev–Trinajstić information content (AvgIpc) is 3.43. The lowest BCUT2D eigenvalue weighted by Gasteiger charge is -2.22. The van der Waals surface area contributed by atoms with Crippen LogP contribution in [0.5, 0.6) is 5.75 Å². The minimum atomic E-state index is -4.52. The number of nitrogens with zero attached hydrogens (tertiary/aromatic N) is 2. The third-order valence-electron chi connectivity index (χ3n) is 5.84.